The highest BCUT2D eigenvalue weighted by Gasteiger charge is 1.91. The molecule has 4 nitrogen and oxygen atoms in total. The molecule has 0 saturated heterocycles. The molecule has 0 fully saturated rings. The van der Waals surface area contributed by atoms with Gasteiger partial charge in [-0.05, 0) is 38.6 Å². The second-order valence-corrected chi connectivity index (χ2v) is 6.58. The number of allylic oxidation sites excluding steroid dienone is 2. The van der Waals surface area contributed by atoms with Crippen molar-refractivity contribution in [2.45, 2.75) is 96.8 Å². The van der Waals surface area contributed by atoms with Crippen molar-refractivity contribution in [2.75, 3.05) is 19.6 Å². The first-order valence-electron chi connectivity index (χ1n) is 10.5. The fourth-order valence-corrected chi connectivity index (χ4v) is 2.72. The molecular formula is C21H44N2O2. The molecule has 0 spiro atoms. The number of nitrogens with two attached hydrogens (primary N) is 1. The molecule has 0 unspecified atom stereocenters. The minimum atomic E-state index is -0.250. The summed E-state index contributed by atoms with van der Waals surface area (Å²) in [6, 6.07) is 0. The van der Waals surface area contributed by atoms with Crippen molar-refractivity contribution in [3.63, 3.8) is 0 Å². The van der Waals surface area contributed by atoms with Crippen LogP contribution in [0.4, 0.5) is 0 Å². The summed E-state index contributed by atoms with van der Waals surface area (Å²) < 4.78 is 0. The minimum Gasteiger partial charge on any atom is -0.483 e. The van der Waals surface area contributed by atoms with Crippen molar-refractivity contribution < 1.29 is 9.90 Å². The monoisotopic (exact) mass is 356 g/mol. The van der Waals surface area contributed by atoms with E-state index in [2.05, 4.69) is 24.4 Å². The molecule has 0 aliphatic heterocycles. The van der Waals surface area contributed by atoms with Crippen LogP contribution in [0.15, 0.2) is 12.2 Å². The van der Waals surface area contributed by atoms with E-state index in [1.54, 1.807) is 0 Å². The van der Waals surface area contributed by atoms with Gasteiger partial charge in [0.05, 0.1) is 0 Å². The van der Waals surface area contributed by atoms with E-state index in [-0.39, 0.29) is 6.47 Å². The van der Waals surface area contributed by atoms with Crippen LogP contribution in [0.1, 0.15) is 96.8 Å². The summed E-state index contributed by atoms with van der Waals surface area (Å²) in [5.74, 6) is 0. The number of unbranched alkanes of at least 4 members (excludes halogenated alkanes) is 12. The summed E-state index contributed by atoms with van der Waals surface area (Å²) in [5, 5.41) is 10.2. The third-order valence-electron chi connectivity index (χ3n) is 4.19. The van der Waals surface area contributed by atoms with Gasteiger partial charge in [0.25, 0.3) is 6.47 Å². The Kier molecular flexibility index (Phi) is 29.5. The molecule has 0 aromatic carbocycles. The molecule has 0 radical (unpaired) electrons. The van der Waals surface area contributed by atoms with Crippen molar-refractivity contribution in [3.05, 3.63) is 12.2 Å². The predicted octanol–water partition coefficient (Wildman–Crippen LogP) is 5.27. The van der Waals surface area contributed by atoms with Gasteiger partial charge in [-0.15, -0.1) is 0 Å². The summed E-state index contributed by atoms with van der Waals surface area (Å²) in [7, 11) is 0. The highest BCUT2D eigenvalue weighted by molar-refractivity contribution is 5.32. The first-order valence-corrected chi connectivity index (χ1v) is 10.5. The first kappa shape index (κ1) is 26.4. The van der Waals surface area contributed by atoms with E-state index in [9.17, 15) is 0 Å². The molecule has 0 aromatic rings. The number of hydrogen-bond acceptors (Lipinski definition) is 3. The first-order chi connectivity index (χ1) is 12.3. The van der Waals surface area contributed by atoms with E-state index in [1.807, 2.05) is 0 Å². The smallest absolute Gasteiger partial charge is 0.290 e. The molecule has 4 N–H and O–H groups in total. The Balaban J connectivity index is 0. The summed E-state index contributed by atoms with van der Waals surface area (Å²) in [5.41, 5.74) is 5.43. The summed E-state index contributed by atoms with van der Waals surface area (Å²) in [4.78, 5) is 8.36. The van der Waals surface area contributed by atoms with Crippen LogP contribution in [-0.2, 0) is 4.79 Å². The lowest BCUT2D eigenvalue weighted by molar-refractivity contribution is -0.122. The average Bonchev–Trinajstić information content (AvgIpc) is 2.61. The molecule has 0 rings (SSSR count). The van der Waals surface area contributed by atoms with Crippen molar-refractivity contribution in [1.82, 2.24) is 5.32 Å². The third-order valence-corrected chi connectivity index (χ3v) is 4.19. The van der Waals surface area contributed by atoms with Crippen molar-refractivity contribution >= 4 is 6.47 Å². The van der Waals surface area contributed by atoms with Gasteiger partial charge in [0, 0.05) is 13.1 Å². The van der Waals surface area contributed by atoms with Crippen LogP contribution in [0, 0.1) is 0 Å². The Morgan fingerprint density at radius 3 is 1.68 bits per heavy atom. The van der Waals surface area contributed by atoms with Gasteiger partial charge in [-0.25, -0.2) is 0 Å². The van der Waals surface area contributed by atoms with Gasteiger partial charge in [-0.1, -0.05) is 76.9 Å². The zero-order valence-electron chi connectivity index (χ0n) is 16.7. The Morgan fingerprint density at radius 1 is 0.760 bits per heavy atom. The maximum Gasteiger partial charge on any atom is 0.290 e. The van der Waals surface area contributed by atoms with Crippen LogP contribution in [0.2, 0.25) is 0 Å². The predicted molar refractivity (Wildman–Crippen MR) is 110 cm³/mol. The normalized spacial score (nSPS) is 10.6. The van der Waals surface area contributed by atoms with Crippen LogP contribution >= 0.6 is 0 Å². The molecule has 25 heavy (non-hydrogen) atoms. The van der Waals surface area contributed by atoms with Crippen LogP contribution in [0.5, 0.6) is 0 Å². The molecule has 150 valence electrons. The van der Waals surface area contributed by atoms with Crippen molar-refractivity contribution in [3.8, 4) is 0 Å². The topological polar surface area (TPSA) is 75.3 Å². The van der Waals surface area contributed by atoms with Gasteiger partial charge < -0.3 is 16.2 Å². The van der Waals surface area contributed by atoms with Gasteiger partial charge in [0.1, 0.15) is 0 Å². The Labute approximate surface area is 156 Å². The summed E-state index contributed by atoms with van der Waals surface area (Å²) in [6.07, 6.45) is 24.1. The van der Waals surface area contributed by atoms with E-state index in [0.717, 1.165) is 19.6 Å². The number of carboxylic acid groups (broad SMARTS) is 1. The lowest BCUT2D eigenvalue weighted by atomic mass is 10.1. The standard InChI is InChI=1S/C20H42N2.CH2O2/c1-2-3-4-5-6-7-8-9-10-11-12-13-14-15-16-17-19-22-20-18-21;2-1-3/h9-10,22H,2-8,11-21H2,1H3;1H,(H,2,3). The van der Waals surface area contributed by atoms with Crippen LogP contribution in [0.25, 0.3) is 0 Å². The molecule has 0 aliphatic rings. The Bertz CT molecular complexity index is 258. The Morgan fingerprint density at radius 2 is 1.20 bits per heavy atom. The number of nitrogens with one attached hydrogen (secondary N) is 1. The van der Waals surface area contributed by atoms with E-state index in [0.29, 0.717) is 0 Å². The highest BCUT2D eigenvalue weighted by atomic mass is 16.3. The molecular weight excluding hydrogens is 312 g/mol. The largest absolute Gasteiger partial charge is 0.483 e. The van der Waals surface area contributed by atoms with Gasteiger partial charge in [0.2, 0.25) is 0 Å². The molecule has 4 heteroatoms. The second-order valence-electron chi connectivity index (χ2n) is 6.58. The fraction of sp³-hybridized carbons (Fsp3) is 0.857. The summed E-state index contributed by atoms with van der Waals surface area (Å²) in [6.45, 7) is 4.89. The SMILES string of the molecule is CCCCCCCCC=CCCCCCCCCNCCN.O=CO. The van der Waals surface area contributed by atoms with Crippen LogP contribution < -0.4 is 11.1 Å². The van der Waals surface area contributed by atoms with Crippen LogP contribution in [-0.4, -0.2) is 31.2 Å². The number of rotatable bonds is 18. The average molecular weight is 357 g/mol. The number of hydrogen-bond donors (Lipinski definition) is 3. The molecule has 0 amide bonds. The van der Waals surface area contributed by atoms with E-state index >= 15 is 0 Å². The zero-order chi connectivity index (χ0) is 18.8. The maximum absolute atomic E-state index is 8.36. The summed E-state index contributed by atoms with van der Waals surface area (Å²) >= 11 is 0. The quantitative estimate of drug-likeness (QED) is 0.178. The maximum atomic E-state index is 8.36. The molecule has 0 atom stereocenters. The third kappa shape index (κ3) is 31.4. The molecule has 0 saturated carbocycles. The Hall–Kier alpha value is -0.870. The van der Waals surface area contributed by atoms with Gasteiger partial charge in [-0.3, -0.25) is 4.79 Å². The fourth-order valence-electron chi connectivity index (χ4n) is 2.72. The molecule has 0 bridgehead atoms. The molecule has 0 heterocycles. The van der Waals surface area contributed by atoms with Gasteiger partial charge in [-0.2, -0.15) is 0 Å². The van der Waals surface area contributed by atoms with Gasteiger partial charge in [0.15, 0.2) is 0 Å². The van der Waals surface area contributed by atoms with E-state index < -0.39 is 0 Å². The van der Waals surface area contributed by atoms with E-state index in [1.165, 1.54) is 89.9 Å². The highest BCUT2D eigenvalue weighted by Crippen LogP contribution is 2.09. The van der Waals surface area contributed by atoms with Crippen LogP contribution in [0.3, 0.4) is 0 Å². The van der Waals surface area contributed by atoms with Crippen molar-refractivity contribution in [1.29, 1.82) is 0 Å². The molecule has 0 aromatic heterocycles. The lowest BCUT2D eigenvalue weighted by Gasteiger charge is -2.03. The molecule has 0 aliphatic carbocycles. The van der Waals surface area contributed by atoms with E-state index in [4.69, 9.17) is 15.6 Å². The second kappa shape index (κ2) is 28.0. The zero-order valence-corrected chi connectivity index (χ0v) is 16.7. The lowest BCUT2D eigenvalue weighted by Crippen LogP contribution is -2.23. The number of carbonyl (C=O) groups is 1. The van der Waals surface area contributed by atoms with Gasteiger partial charge >= 0.3 is 0 Å². The van der Waals surface area contributed by atoms with Crippen molar-refractivity contribution in [2.24, 2.45) is 5.73 Å². The minimum absolute atomic E-state index is 0.250.